The highest BCUT2D eigenvalue weighted by atomic mass is 79.9. The van der Waals surface area contributed by atoms with Crippen LogP contribution in [0.15, 0.2) is 75.6 Å². The molecule has 126 valence electrons. The minimum atomic E-state index is -0.421. The smallest absolute Gasteiger partial charge is 0.293 e. The summed E-state index contributed by atoms with van der Waals surface area (Å²) in [5.74, 6) is 0.372. The number of benzene rings is 2. The van der Waals surface area contributed by atoms with Gasteiger partial charge in [0, 0.05) is 10.0 Å². The second kappa shape index (κ2) is 7.96. The number of carbonyl (C=O) groups is 1. The van der Waals surface area contributed by atoms with Crippen molar-refractivity contribution in [3.63, 3.8) is 0 Å². The average molecular weight is 416 g/mol. The van der Waals surface area contributed by atoms with Crippen LogP contribution in [0.2, 0.25) is 0 Å². The van der Waals surface area contributed by atoms with Crippen LogP contribution in [-0.4, -0.2) is 11.0 Å². The molecule has 0 saturated carbocycles. The zero-order valence-corrected chi connectivity index (χ0v) is 15.4. The number of furan rings is 1. The molecule has 3 N–H and O–H groups in total. The molecule has 1 aromatic heterocycles. The van der Waals surface area contributed by atoms with Gasteiger partial charge in [0.2, 0.25) is 0 Å². The van der Waals surface area contributed by atoms with Crippen molar-refractivity contribution in [1.29, 1.82) is 0 Å². The zero-order chi connectivity index (χ0) is 17.6. The Morgan fingerprint density at radius 2 is 1.68 bits per heavy atom. The van der Waals surface area contributed by atoms with Crippen LogP contribution in [0.4, 0.5) is 5.69 Å². The van der Waals surface area contributed by atoms with E-state index in [4.69, 9.17) is 16.6 Å². The number of para-hydroxylation sites is 1. The summed E-state index contributed by atoms with van der Waals surface area (Å²) in [5, 5.41) is 2.71. The highest BCUT2D eigenvalue weighted by Crippen LogP contribution is 2.23. The lowest BCUT2D eigenvalue weighted by Gasteiger charge is -2.10. The maximum atomic E-state index is 12.2. The Morgan fingerprint density at radius 1 is 0.960 bits per heavy atom. The lowest BCUT2D eigenvalue weighted by Crippen LogP contribution is -2.41. The standard InChI is InChI=1S/C18H14BrN3O2S/c19-13-8-6-12(7-9-13)15-10-11-16(24-15)17(23)20-18(25)22-21-14-4-2-1-3-5-14/h1-11,21H,(H2,20,22,23,25). The minimum absolute atomic E-state index is 0.149. The summed E-state index contributed by atoms with van der Waals surface area (Å²) in [6.45, 7) is 0. The van der Waals surface area contributed by atoms with Gasteiger partial charge in [0.05, 0.1) is 5.69 Å². The minimum Gasteiger partial charge on any atom is -0.451 e. The Labute approximate surface area is 158 Å². The Hall–Kier alpha value is -2.64. The first kappa shape index (κ1) is 17.2. The van der Waals surface area contributed by atoms with E-state index >= 15 is 0 Å². The number of hydrogen-bond donors (Lipinski definition) is 3. The third kappa shape index (κ3) is 4.68. The first-order valence-electron chi connectivity index (χ1n) is 7.40. The van der Waals surface area contributed by atoms with Crippen molar-refractivity contribution >= 4 is 44.9 Å². The molecule has 1 heterocycles. The Balaban J connectivity index is 1.58. The molecule has 0 aliphatic rings. The monoisotopic (exact) mass is 415 g/mol. The van der Waals surface area contributed by atoms with Crippen molar-refractivity contribution in [1.82, 2.24) is 10.7 Å². The molecular formula is C18H14BrN3O2S. The fourth-order valence-corrected chi connectivity index (χ4v) is 2.48. The summed E-state index contributed by atoms with van der Waals surface area (Å²) < 4.78 is 6.57. The summed E-state index contributed by atoms with van der Waals surface area (Å²) in [6, 6.07) is 20.4. The van der Waals surface area contributed by atoms with Gasteiger partial charge in [-0.3, -0.25) is 21.0 Å². The van der Waals surface area contributed by atoms with Crippen LogP contribution in [0.5, 0.6) is 0 Å². The number of halogens is 1. The number of amides is 1. The molecule has 0 aliphatic carbocycles. The molecule has 3 aromatic rings. The third-order valence-corrected chi connectivity index (χ3v) is 4.01. The van der Waals surface area contributed by atoms with E-state index in [0.29, 0.717) is 5.76 Å². The van der Waals surface area contributed by atoms with Crippen LogP contribution in [-0.2, 0) is 0 Å². The molecule has 0 saturated heterocycles. The summed E-state index contributed by atoms with van der Waals surface area (Å²) >= 11 is 8.47. The second-order valence-corrected chi connectivity index (χ2v) is 6.39. The van der Waals surface area contributed by atoms with Gasteiger partial charge in [-0.25, -0.2) is 0 Å². The van der Waals surface area contributed by atoms with Crippen LogP contribution >= 0.6 is 28.1 Å². The second-order valence-electron chi connectivity index (χ2n) is 5.07. The van der Waals surface area contributed by atoms with Gasteiger partial charge < -0.3 is 4.42 Å². The molecule has 3 rings (SSSR count). The van der Waals surface area contributed by atoms with Crippen molar-refractivity contribution in [3.8, 4) is 11.3 Å². The number of hydrogen-bond acceptors (Lipinski definition) is 4. The van der Waals surface area contributed by atoms with Crippen LogP contribution < -0.4 is 16.2 Å². The SMILES string of the molecule is O=C(NC(=S)NNc1ccccc1)c1ccc(-c2ccc(Br)cc2)o1. The number of rotatable bonds is 4. The number of nitrogens with one attached hydrogen (secondary N) is 3. The van der Waals surface area contributed by atoms with Gasteiger partial charge >= 0.3 is 0 Å². The molecular weight excluding hydrogens is 402 g/mol. The highest BCUT2D eigenvalue weighted by molar-refractivity contribution is 9.10. The van der Waals surface area contributed by atoms with E-state index in [0.717, 1.165) is 15.7 Å². The van der Waals surface area contributed by atoms with E-state index in [-0.39, 0.29) is 10.9 Å². The molecule has 1 amide bonds. The van der Waals surface area contributed by atoms with Crippen molar-refractivity contribution in [3.05, 3.63) is 77.0 Å². The first-order chi connectivity index (χ1) is 12.1. The first-order valence-corrected chi connectivity index (χ1v) is 8.60. The van der Waals surface area contributed by atoms with Crippen molar-refractivity contribution in [2.24, 2.45) is 0 Å². The predicted octanol–water partition coefficient (Wildman–Crippen LogP) is 4.34. The van der Waals surface area contributed by atoms with Gasteiger partial charge in [-0.15, -0.1) is 0 Å². The third-order valence-electron chi connectivity index (χ3n) is 3.28. The van der Waals surface area contributed by atoms with Crippen LogP contribution in [0.3, 0.4) is 0 Å². The largest absolute Gasteiger partial charge is 0.451 e. The maximum absolute atomic E-state index is 12.2. The number of anilines is 1. The Kier molecular flexibility index (Phi) is 5.47. The van der Waals surface area contributed by atoms with Gasteiger partial charge in [0.15, 0.2) is 10.9 Å². The van der Waals surface area contributed by atoms with Gasteiger partial charge in [-0.05, 0) is 48.6 Å². The fourth-order valence-electron chi connectivity index (χ4n) is 2.08. The number of carbonyl (C=O) groups excluding carboxylic acids is 1. The summed E-state index contributed by atoms with van der Waals surface area (Å²) in [6.07, 6.45) is 0. The molecule has 25 heavy (non-hydrogen) atoms. The van der Waals surface area contributed by atoms with E-state index < -0.39 is 5.91 Å². The highest BCUT2D eigenvalue weighted by Gasteiger charge is 2.13. The summed E-state index contributed by atoms with van der Waals surface area (Å²) in [4.78, 5) is 12.2. The maximum Gasteiger partial charge on any atom is 0.293 e. The molecule has 2 aromatic carbocycles. The average Bonchev–Trinajstić information content (AvgIpc) is 3.12. The van der Waals surface area contributed by atoms with E-state index in [1.54, 1.807) is 12.1 Å². The van der Waals surface area contributed by atoms with Crippen molar-refractivity contribution in [2.45, 2.75) is 0 Å². The van der Waals surface area contributed by atoms with E-state index in [9.17, 15) is 4.79 Å². The molecule has 0 fully saturated rings. The molecule has 5 nitrogen and oxygen atoms in total. The van der Waals surface area contributed by atoms with Crippen LogP contribution in [0, 0.1) is 0 Å². The predicted molar refractivity (Wildman–Crippen MR) is 105 cm³/mol. The molecule has 0 unspecified atom stereocenters. The van der Waals surface area contributed by atoms with Gasteiger partial charge in [-0.2, -0.15) is 0 Å². The van der Waals surface area contributed by atoms with E-state index in [1.807, 2.05) is 54.6 Å². The Bertz CT molecular complexity index is 879. The molecule has 0 radical (unpaired) electrons. The number of thiocarbonyl (C=S) groups is 1. The normalized spacial score (nSPS) is 10.1. The molecule has 0 aliphatic heterocycles. The fraction of sp³-hybridized carbons (Fsp3) is 0. The lowest BCUT2D eigenvalue weighted by molar-refractivity contribution is 0.0950. The molecule has 0 spiro atoms. The molecule has 7 heteroatoms. The van der Waals surface area contributed by atoms with Crippen LogP contribution in [0.25, 0.3) is 11.3 Å². The van der Waals surface area contributed by atoms with Crippen molar-refractivity contribution < 1.29 is 9.21 Å². The van der Waals surface area contributed by atoms with Gasteiger partial charge in [-0.1, -0.05) is 46.3 Å². The van der Waals surface area contributed by atoms with Gasteiger partial charge in [0.1, 0.15) is 5.76 Å². The van der Waals surface area contributed by atoms with Gasteiger partial charge in [0.25, 0.3) is 5.91 Å². The molecule has 0 bridgehead atoms. The summed E-state index contributed by atoms with van der Waals surface area (Å²) in [7, 11) is 0. The zero-order valence-electron chi connectivity index (χ0n) is 13.0. The summed E-state index contributed by atoms with van der Waals surface area (Å²) in [5.41, 5.74) is 7.35. The topological polar surface area (TPSA) is 66.3 Å². The molecule has 0 atom stereocenters. The van der Waals surface area contributed by atoms with Crippen molar-refractivity contribution in [2.75, 3.05) is 5.43 Å². The van der Waals surface area contributed by atoms with E-state index in [2.05, 4.69) is 32.1 Å². The van der Waals surface area contributed by atoms with E-state index in [1.165, 1.54) is 0 Å². The number of hydrazine groups is 1. The quantitative estimate of drug-likeness (QED) is 0.436. The lowest BCUT2D eigenvalue weighted by atomic mass is 10.2. The van der Waals surface area contributed by atoms with Crippen LogP contribution in [0.1, 0.15) is 10.6 Å². The Morgan fingerprint density at radius 3 is 2.40 bits per heavy atom.